The van der Waals surface area contributed by atoms with Crippen molar-refractivity contribution in [3.63, 3.8) is 0 Å². The molecular weight excluding hydrogens is 670 g/mol. The Morgan fingerprint density at radius 1 is 1.08 bits per heavy atom. The maximum atomic E-state index is 14.0. The lowest BCUT2D eigenvalue weighted by Gasteiger charge is -2.43. The van der Waals surface area contributed by atoms with Gasteiger partial charge in [-0.2, -0.15) is 0 Å². The molecule has 0 spiro atoms. The number of ketones is 3. The molecule has 3 saturated heterocycles. The number of ether oxygens (including phenoxy) is 7. The van der Waals surface area contributed by atoms with Crippen molar-refractivity contribution >= 4 is 34.4 Å². The molecule has 0 saturated carbocycles. The lowest BCUT2D eigenvalue weighted by Crippen LogP contribution is -2.55. The van der Waals surface area contributed by atoms with Crippen molar-refractivity contribution in [3.8, 4) is 17.2 Å². The largest absolute Gasteiger partial charge is 0.507 e. The Kier molecular flexibility index (Phi) is 8.68. The normalized spacial score (nSPS) is 32.0. The fraction of sp³-hybridized carbons (Fsp3) is 0.515. The highest BCUT2D eigenvalue weighted by atomic mass is 35.5. The molecule has 2 aromatic carbocycles. The number of aliphatic hydroxyl groups is 1. The second-order valence-electron chi connectivity index (χ2n) is 12.6. The molecule has 0 bridgehead atoms. The fourth-order valence-corrected chi connectivity index (χ4v) is 7.85. The molecule has 2 aliphatic carbocycles. The van der Waals surface area contributed by atoms with Gasteiger partial charge < -0.3 is 48.5 Å². The zero-order valence-electron chi connectivity index (χ0n) is 26.7. The van der Waals surface area contributed by atoms with E-state index in [4.69, 9.17) is 40.0 Å². The number of carbonyl (C=O) groups excluding carboxylic acids is 4. The standard InChI is InChI=1S/C33H34ClNO14/c1-13-29-16(35-7-8-45-31(44-3)30(35)49-29)9-20(47-13)48-18-11-33(42,19(36)12-46-32(34)41)10-15-22(18)28(40)24-23(26(15)38)25(37)14-5-4-6-17(43-2)21(14)27(24)39/h4-6,13,16,18,20,29-31,38,40,42H,7-12H2,1-3H3/t13-,16-,18-,20?,29+,30+,31-,33-/m0/s1. The van der Waals surface area contributed by atoms with Crippen LogP contribution in [0, 0.1) is 0 Å². The topological polar surface area (TPSA) is 197 Å². The summed E-state index contributed by atoms with van der Waals surface area (Å²) in [7, 11) is 2.85. The Balaban J connectivity index is 1.29. The molecule has 3 aliphatic heterocycles. The number of phenols is 2. The minimum Gasteiger partial charge on any atom is -0.507 e. The summed E-state index contributed by atoms with van der Waals surface area (Å²) >= 11 is 5.27. The quantitative estimate of drug-likeness (QED) is 0.239. The van der Waals surface area contributed by atoms with Crippen LogP contribution >= 0.6 is 11.6 Å². The number of phenolic OH excluding ortho intramolecular Hbond substituents is 2. The van der Waals surface area contributed by atoms with Crippen LogP contribution < -0.4 is 4.74 Å². The molecule has 3 fully saturated rings. The van der Waals surface area contributed by atoms with E-state index in [1.165, 1.54) is 32.4 Å². The van der Waals surface area contributed by atoms with Gasteiger partial charge in [0.05, 0.1) is 42.6 Å². The van der Waals surface area contributed by atoms with Crippen LogP contribution in [0.1, 0.15) is 68.8 Å². The van der Waals surface area contributed by atoms with Crippen LogP contribution in [0.4, 0.5) is 4.79 Å². The number of morpholine rings is 1. The van der Waals surface area contributed by atoms with Gasteiger partial charge in [0.2, 0.25) is 11.6 Å². The van der Waals surface area contributed by atoms with Crippen molar-refractivity contribution in [2.75, 3.05) is 34.0 Å². The molecular formula is C33H34ClNO14. The highest BCUT2D eigenvalue weighted by Crippen LogP contribution is 2.53. The van der Waals surface area contributed by atoms with Gasteiger partial charge in [0.25, 0.3) is 0 Å². The van der Waals surface area contributed by atoms with E-state index in [-0.39, 0.29) is 46.6 Å². The Labute approximate surface area is 284 Å². The monoisotopic (exact) mass is 703 g/mol. The highest BCUT2D eigenvalue weighted by molar-refractivity contribution is 6.61. The number of benzene rings is 2. The van der Waals surface area contributed by atoms with Crippen LogP contribution in [0.25, 0.3) is 0 Å². The fourth-order valence-electron chi connectivity index (χ4n) is 7.80. The molecule has 0 radical (unpaired) electrons. The molecule has 16 heteroatoms. The van der Waals surface area contributed by atoms with Gasteiger partial charge in [-0.15, -0.1) is 0 Å². The van der Waals surface area contributed by atoms with E-state index in [2.05, 4.69) is 9.64 Å². The van der Waals surface area contributed by atoms with Crippen LogP contribution in [-0.4, -0.2) is 120 Å². The molecule has 262 valence electrons. The van der Waals surface area contributed by atoms with Gasteiger partial charge in [-0.05, 0) is 13.0 Å². The predicted molar refractivity (Wildman–Crippen MR) is 164 cm³/mol. The summed E-state index contributed by atoms with van der Waals surface area (Å²) in [4.78, 5) is 54.4. The van der Waals surface area contributed by atoms with Crippen molar-refractivity contribution < 1.29 is 67.7 Å². The van der Waals surface area contributed by atoms with Crippen LogP contribution in [0.3, 0.4) is 0 Å². The average Bonchev–Trinajstić information content (AvgIpc) is 3.46. The van der Waals surface area contributed by atoms with E-state index in [1.54, 1.807) is 6.92 Å². The smallest absolute Gasteiger partial charge is 0.404 e. The zero-order chi connectivity index (χ0) is 34.9. The van der Waals surface area contributed by atoms with Crippen LogP contribution in [-0.2, 0) is 39.6 Å². The van der Waals surface area contributed by atoms with Gasteiger partial charge in [0.1, 0.15) is 29.0 Å². The first-order chi connectivity index (χ1) is 23.4. The first kappa shape index (κ1) is 33.8. The summed E-state index contributed by atoms with van der Waals surface area (Å²) in [5.74, 6) is -3.81. The Bertz CT molecular complexity index is 1750. The van der Waals surface area contributed by atoms with E-state index in [0.29, 0.717) is 13.2 Å². The van der Waals surface area contributed by atoms with Gasteiger partial charge in [-0.1, -0.05) is 12.1 Å². The Morgan fingerprint density at radius 2 is 1.84 bits per heavy atom. The molecule has 2 aromatic rings. The Hall–Kier alpha value is -3.67. The maximum absolute atomic E-state index is 14.0. The third kappa shape index (κ3) is 5.40. The molecule has 1 unspecified atom stereocenters. The van der Waals surface area contributed by atoms with Crippen molar-refractivity contribution in [3.05, 3.63) is 51.6 Å². The van der Waals surface area contributed by atoms with E-state index >= 15 is 0 Å². The van der Waals surface area contributed by atoms with Crippen molar-refractivity contribution in [2.24, 2.45) is 0 Å². The van der Waals surface area contributed by atoms with Crippen molar-refractivity contribution in [1.29, 1.82) is 0 Å². The van der Waals surface area contributed by atoms with Gasteiger partial charge in [-0.25, -0.2) is 4.79 Å². The van der Waals surface area contributed by atoms with Crippen LogP contribution in [0.2, 0.25) is 0 Å². The summed E-state index contributed by atoms with van der Waals surface area (Å²) in [6.07, 6.45) is -5.21. The molecule has 7 rings (SSSR count). The van der Waals surface area contributed by atoms with Crippen molar-refractivity contribution in [1.82, 2.24) is 4.90 Å². The van der Waals surface area contributed by atoms with Crippen LogP contribution in [0.5, 0.6) is 17.2 Å². The molecule has 15 nitrogen and oxygen atoms in total. The number of fused-ring (bicyclic) bond motifs is 6. The lowest BCUT2D eigenvalue weighted by atomic mass is 9.72. The van der Waals surface area contributed by atoms with Gasteiger partial charge >= 0.3 is 5.43 Å². The van der Waals surface area contributed by atoms with E-state index < -0.39 is 101 Å². The number of hydrogen-bond acceptors (Lipinski definition) is 15. The van der Waals surface area contributed by atoms with E-state index in [0.717, 1.165) is 0 Å². The Morgan fingerprint density at radius 3 is 2.55 bits per heavy atom. The summed E-state index contributed by atoms with van der Waals surface area (Å²) in [6, 6.07) is 4.17. The second-order valence-corrected chi connectivity index (χ2v) is 13.0. The summed E-state index contributed by atoms with van der Waals surface area (Å²) in [5.41, 5.74) is -5.03. The first-order valence-corrected chi connectivity index (χ1v) is 16.1. The predicted octanol–water partition coefficient (Wildman–Crippen LogP) is 2.09. The van der Waals surface area contributed by atoms with Crippen molar-refractivity contribution in [2.45, 2.75) is 74.9 Å². The number of Topliss-reactive ketones (excluding diaryl/α,β-unsaturated/α-hetero) is 1. The van der Waals surface area contributed by atoms with Crippen LogP contribution in [0.15, 0.2) is 18.2 Å². The minimum absolute atomic E-state index is 0.0643. The molecule has 0 aromatic heterocycles. The number of aromatic hydroxyl groups is 2. The van der Waals surface area contributed by atoms with Gasteiger partial charge in [-0.3, -0.25) is 19.3 Å². The van der Waals surface area contributed by atoms with E-state index in [1.807, 2.05) is 0 Å². The number of methoxy groups -OCH3 is 2. The SMILES string of the molecule is COc1cccc2c1C(=O)c1c(O)c3c(c(O)c1C2=O)C[C@@](O)(C(=O)COC(=O)Cl)C[C@@H]3OC1C[C@H]2[C@H](O[C@@H]3[C@@H](OC)OCCN32)[C@H](C)O1. The second kappa shape index (κ2) is 12.6. The number of halogens is 1. The summed E-state index contributed by atoms with van der Waals surface area (Å²) in [5, 5.41) is 35.2. The first-order valence-electron chi connectivity index (χ1n) is 15.7. The maximum Gasteiger partial charge on any atom is 0.404 e. The molecule has 8 atom stereocenters. The molecule has 3 N–H and O–H groups in total. The van der Waals surface area contributed by atoms with Gasteiger partial charge in [0, 0.05) is 67.3 Å². The molecule has 0 amide bonds. The number of nitrogens with zero attached hydrogens (tertiary/aromatic N) is 1. The number of rotatable bonds is 7. The summed E-state index contributed by atoms with van der Waals surface area (Å²) < 4.78 is 40.1. The zero-order valence-corrected chi connectivity index (χ0v) is 27.4. The number of carbonyl (C=O) groups is 4. The molecule has 49 heavy (non-hydrogen) atoms. The van der Waals surface area contributed by atoms with E-state index in [9.17, 15) is 34.5 Å². The van der Waals surface area contributed by atoms with Gasteiger partial charge in [0.15, 0.2) is 31.2 Å². The highest BCUT2D eigenvalue weighted by Gasteiger charge is 2.55. The lowest BCUT2D eigenvalue weighted by molar-refractivity contribution is -0.256. The molecule has 3 heterocycles. The summed E-state index contributed by atoms with van der Waals surface area (Å²) in [6.45, 7) is 1.85. The third-order valence-electron chi connectivity index (χ3n) is 10.0. The number of hydrogen-bond donors (Lipinski definition) is 3. The third-order valence-corrected chi connectivity index (χ3v) is 10.1. The minimum atomic E-state index is -2.33. The average molecular weight is 704 g/mol. The molecule has 5 aliphatic rings.